The molecule has 0 fully saturated rings. The third-order valence-corrected chi connectivity index (χ3v) is 2.78. The highest BCUT2D eigenvalue weighted by molar-refractivity contribution is 5.33. The van der Waals surface area contributed by atoms with Crippen molar-refractivity contribution in [3.05, 3.63) is 47.5 Å². The normalized spacial score (nSPS) is 20.4. The van der Waals surface area contributed by atoms with Crippen molar-refractivity contribution >= 4 is 0 Å². The zero-order chi connectivity index (χ0) is 9.80. The average Bonchev–Trinajstić information content (AvgIpc) is 2.30. The van der Waals surface area contributed by atoms with Crippen molar-refractivity contribution in [1.29, 1.82) is 5.26 Å². The van der Waals surface area contributed by atoms with E-state index in [9.17, 15) is 0 Å². The first-order chi connectivity index (χ1) is 6.90. The van der Waals surface area contributed by atoms with Gasteiger partial charge in [-0.15, -0.1) is 0 Å². The first-order valence-corrected chi connectivity index (χ1v) is 5.05. The summed E-state index contributed by atoms with van der Waals surface area (Å²) >= 11 is 0. The molecule has 0 N–H and O–H groups in total. The molecule has 1 aromatic carbocycles. The molecule has 0 aliphatic heterocycles. The van der Waals surface area contributed by atoms with Crippen molar-refractivity contribution in [2.24, 2.45) is 0 Å². The average molecular weight is 183 g/mol. The van der Waals surface area contributed by atoms with Crippen LogP contribution in [0.4, 0.5) is 0 Å². The molecular weight excluding hydrogens is 170 g/mol. The maximum atomic E-state index is 8.68. The molecule has 1 aromatic rings. The third kappa shape index (κ3) is 1.85. The highest BCUT2D eigenvalue weighted by Gasteiger charge is 2.11. The SMILES string of the molecule is N#Cc1ccc(C2CC=CCC2)cc1. The van der Waals surface area contributed by atoms with E-state index < -0.39 is 0 Å². The Morgan fingerprint density at radius 2 is 1.93 bits per heavy atom. The minimum Gasteiger partial charge on any atom is -0.192 e. The molecule has 0 heterocycles. The van der Waals surface area contributed by atoms with Crippen molar-refractivity contribution in [2.45, 2.75) is 25.2 Å². The summed E-state index contributed by atoms with van der Waals surface area (Å²) in [5.41, 5.74) is 2.12. The third-order valence-electron chi connectivity index (χ3n) is 2.78. The van der Waals surface area contributed by atoms with E-state index >= 15 is 0 Å². The second-order valence-corrected chi connectivity index (χ2v) is 3.72. The molecular formula is C13H13N. The quantitative estimate of drug-likeness (QED) is 0.612. The minimum atomic E-state index is 0.660. The van der Waals surface area contributed by atoms with E-state index in [0.717, 1.165) is 12.0 Å². The Hall–Kier alpha value is -1.55. The zero-order valence-corrected chi connectivity index (χ0v) is 8.11. The molecule has 1 unspecified atom stereocenters. The van der Waals surface area contributed by atoms with Crippen molar-refractivity contribution in [3.63, 3.8) is 0 Å². The van der Waals surface area contributed by atoms with E-state index in [2.05, 4.69) is 30.4 Å². The van der Waals surface area contributed by atoms with Crippen LogP contribution in [0, 0.1) is 11.3 Å². The van der Waals surface area contributed by atoms with Crippen LogP contribution in [0.3, 0.4) is 0 Å². The van der Waals surface area contributed by atoms with E-state index in [0.29, 0.717) is 5.92 Å². The molecule has 1 nitrogen and oxygen atoms in total. The summed E-state index contributed by atoms with van der Waals surface area (Å²) in [5.74, 6) is 0.660. The van der Waals surface area contributed by atoms with Gasteiger partial charge in [-0.25, -0.2) is 0 Å². The van der Waals surface area contributed by atoms with Gasteiger partial charge in [-0.05, 0) is 42.9 Å². The fraction of sp³-hybridized carbons (Fsp3) is 0.308. The van der Waals surface area contributed by atoms with Crippen LogP contribution in [-0.2, 0) is 0 Å². The molecule has 1 aliphatic rings. The Morgan fingerprint density at radius 1 is 1.14 bits per heavy atom. The number of allylic oxidation sites excluding steroid dienone is 2. The highest BCUT2D eigenvalue weighted by Crippen LogP contribution is 2.28. The van der Waals surface area contributed by atoms with Gasteiger partial charge in [0.1, 0.15) is 0 Å². The smallest absolute Gasteiger partial charge is 0.0991 e. The number of benzene rings is 1. The maximum Gasteiger partial charge on any atom is 0.0991 e. The lowest BCUT2D eigenvalue weighted by Gasteiger charge is -2.17. The summed E-state index contributed by atoms with van der Waals surface area (Å²) in [6.07, 6.45) is 8.07. The minimum absolute atomic E-state index is 0.660. The van der Waals surface area contributed by atoms with Gasteiger partial charge in [0.15, 0.2) is 0 Å². The largest absolute Gasteiger partial charge is 0.192 e. The van der Waals surface area contributed by atoms with Crippen LogP contribution in [0.5, 0.6) is 0 Å². The van der Waals surface area contributed by atoms with Crippen LogP contribution < -0.4 is 0 Å². The van der Waals surface area contributed by atoms with Gasteiger partial charge < -0.3 is 0 Å². The lowest BCUT2D eigenvalue weighted by Crippen LogP contribution is -2.00. The van der Waals surface area contributed by atoms with E-state index in [1.165, 1.54) is 18.4 Å². The van der Waals surface area contributed by atoms with E-state index in [1.54, 1.807) is 0 Å². The van der Waals surface area contributed by atoms with Crippen LogP contribution in [0.2, 0.25) is 0 Å². The second kappa shape index (κ2) is 4.11. The van der Waals surface area contributed by atoms with Gasteiger partial charge in [-0.3, -0.25) is 0 Å². The number of hydrogen-bond donors (Lipinski definition) is 0. The molecule has 2 rings (SSSR count). The maximum absolute atomic E-state index is 8.68. The lowest BCUT2D eigenvalue weighted by molar-refractivity contribution is 0.617. The van der Waals surface area contributed by atoms with E-state index in [-0.39, 0.29) is 0 Å². The summed E-state index contributed by atoms with van der Waals surface area (Å²) in [5, 5.41) is 8.68. The molecule has 1 heteroatoms. The lowest BCUT2D eigenvalue weighted by atomic mass is 9.87. The van der Waals surface area contributed by atoms with Crippen molar-refractivity contribution in [1.82, 2.24) is 0 Å². The Balaban J connectivity index is 2.17. The second-order valence-electron chi connectivity index (χ2n) is 3.72. The molecule has 14 heavy (non-hydrogen) atoms. The molecule has 70 valence electrons. The topological polar surface area (TPSA) is 23.8 Å². The molecule has 1 atom stereocenters. The summed E-state index contributed by atoms with van der Waals surface area (Å²) in [7, 11) is 0. The Bertz CT molecular complexity index is 367. The highest BCUT2D eigenvalue weighted by atomic mass is 14.2. The molecule has 0 amide bonds. The van der Waals surface area contributed by atoms with Gasteiger partial charge in [0.2, 0.25) is 0 Å². The standard InChI is InChI=1S/C13H13N/c14-10-11-6-8-13(9-7-11)12-4-2-1-3-5-12/h1-2,6-9,12H,3-5H2. The Kier molecular flexibility index (Phi) is 2.65. The molecule has 0 saturated heterocycles. The summed E-state index contributed by atoms with van der Waals surface area (Å²) < 4.78 is 0. The fourth-order valence-electron chi connectivity index (χ4n) is 1.93. The van der Waals surface area contributed by atoms with Crippen LogP contribution in [0.15, 0.2) is 36.4 Å². The number of nitriles is 1. The Morgan fingerprint density at radius 3 is 2.50 bits per heavy atom. The van der Waals surface area contributed by atoms with Gasteiger partial charge in [0.05, 0.1) is 11.6 Å². The monoisotopic (exact) mass is 183 g/mol. The Labute approximate surface area is 84.7 Å². The van der Waals surface area contributed by atoms with Crippen molar-refractivity contribution in [3.8, 4) is 6.07 Å². The molecule has 0 radical (unpaired) electrons. The number of nitrogens with zero attached hydrogens (tertiary/aromatic N) is 1. The molecule has 0 aromatic heterocycles. The predicted molar refractivity (Wildman–Crippen MR) is 56.9 cm³/mol. The number of rotatable bonds is 1. The predicted octanol–water partition coefficient (Wildman–Crippen LogP) is 3.38. The summed E-state index contributed by atoms with van der Waals surface area (Å²) in [6.45, 7) is 0. The number of hydrogen-bond acceptors (Lipinski definition) is 1. The van der Waals surface area contributed by atoms with Crippen LogP contribution in [0.25, 0.3) is 0 Å². The first kappa shape index (κ1) is 9.02. The first-order valence-electron chi connectivity index (χ1n) is 5.05. The fourth-order valence-corrected chi connectivity index (χ4v) is 1.93. The van der Waals surface area contributed by atoms with Gasteiger partial charge in [0.25, 0.3) is 0 Å². The van der Waals surface area contributed by atoms with Crippen molar-refractivity contribution in [2.75, 3.05) is 0 Å². The van der Waals surface area contributed by atoms with Gasteiger partial charge >= 0.3 is 0 Å². The molecule has 1 aliphatic carbocycles. The van der Waals surface area contributed by atoms with Gasteiger partial charge in [-0.2, -0.15) is 5.26 Å². The van der Waals surface area contributed by atoms with Crippen LogP contribution in [0.1, 0.15) is 36.3 Å². The van der Waals surface area contributed by atoms with E-state index in [1.807, 2.05) is 12.1 Å². The summed E-state index contributed by atoms with van der Waals surface area (Å²) in [4.78, 5) is 0. The van der Waals surface area contributed by atoms with Crippen LogP contribution >= 0.6 is 0 Å². The molecule has 0 bridgehead atoms. The van der Waals surface area contributed by atoms with Gasteiger partial charge in [0, 0.05) is 0 Å². The molecule has 0 saturated carbocycles. The van der Waals surface area contributed by atoms with Crippen molar-refractivity contribution < 1.29 is 0 Å². The zero-order valence-electron chi connectivity index (χ0n) is 8.11. The van der Waals surface area contributed by atoms with Crippen LogP contribution in [-0.4, -0.2) is 0 Å². The van der Waals surface area contributed by atoms with Gasteiger partial charge in [-0.1, -0.05) is 24.3 Å². The van der Waals surface area contributed by atoms with E-state index in [4.69, 9.17) is 5.26 Å². The summed E-state index contributed by atoms with van der Waals surface area (Å²) in [6, 6.07) is 10.1. The molecule has 0 spiro atoms.